The van der Waals surface area contributed by atoms with Crippen LogP contribution in [-0.4, -0.2) is 12.2 Å². The molecule has 144 valence electrons. The summed E-state index contributed by atoms with van der Waals surface area (Å²) in [5.41, 5.74) is 0. The maximum atomic E-state index is 11.9. The Kier molecular flexibility index (Phi) is 15.5. The zero-order valence-corrected chi connectivity index (χ0v) is 14.9. The maximum absolute atomic E-state index is 11.9. The molecule has 5 heteroatoms. The van der Waals surface area contributed by atoms with Crippen LogP contribution in [-0.2, 0) is 4.79 Å². The molecule has 0 rings (SSSR count). The summed E-state index contributed by atoms with van der Waals surface area (Å²) in [6, 6.07) is -1.20. The van der Waals surface area contributed by atoms with E-state index in [1.165, 1.54) is 44.9 Å². The molecule has 1 nitrogen and oxygen atoms in total. The summed E-state index contributed by atoms with van der Waals surface area (Å²) in [5.74, 6) is 0. The lowest BCUT2D eigenvalue weighted by Gasteiger charge is -2.05. The predicted molar refractivity (Wildman–Crippen MR) is 90.7 cm³/mol. The Morgan fingerprint density at radius 2 is 0.833 bits per heavy atom. The van der Waals surface area contributed by atoms with E-state index in [4.69, 9.17) is 0 Å². The molecule has 0 aliphatic rings. The molecule has 0 aromatic carbocycles. The van der Waals surface area contributed by atoms with Crippen molar-refractivity contribution in [3.05, 3.63) is 0 Å². The minimum absolute atomic E-state index is 0.0718. The maximum Gasteiger partial charge on any atom is 0.389 e. The van der Waals surface area contributed by atoms with Gasteiger partial charge in [0.25, 0.3) is 0 Å². The third-order valence-corrected chi connectivity index (χ3v) is 4.33. The fourth-order valence-corrected chi connectivity index (χ4v) is 2.89. The van der Waals surface area contributed by atoms with Crippen molar-refractivity contribution >= 4 is 6.04 Å². The highest BCUT2D eigenvalue weighted by molar-refractivity contribution is 5.67. The van der Waals surface area contributed by atoms with Crippen LogP contribution in [0, 0.1) is 0 Å². The number of carbonyl (C=O) groups excluding carboxylic acids is 1. The molecular formula is C19H34F4O. The van der Waals surface area contributed by atoms with Crippen molar-refractivity contribution in [3.8, 4) is 0 Å². The lowest BCUT2D eigenvalue weighted by Crippen LogP contribution is -2.06. The van der Waals surface area contributed by atoms with Crippen LogP contribution in [0.2, 0.25) is 0 Å². The monoisotopic (exact) mass is 354 g/mol. The molecule has 0 amide bonds. The van der Waals surface area contributed by atoms with E-state index < -0.39 is 18.6 Å². The first-order chi connectivity index (χ1) is 11.4. The van der Waals surface area contributed by atoms with Gasteiger partial charge in [-0.3, -0.25) is 4.79 Å². The first-order valence-corrected chi connectivity index (χ1v) is 9.67. The topological polar surface area (TPSA) is 17.1 Å². The lowest BCUT2D eigenvalue weighted by atomic mass is 10.0. The van der Waals surface area contributed by atoms with E-state index in [1.807, 2.05) is 0 Å². The Morgan fingerprint density at radius 1 is 0.542 bits per heavy atom. The second kappa shape index (κ2) is 15.9. The molecule has 0 fully saturated rings. The number of hydrogen-bond donors (Lipinski definition) is 0. The van der Waals surface area contributed by atoms with Gasteiger partial charge >= 0.3 is 12.2 Å². The van der Waals surface area contributed by atoms with E-state index >= 15 is 0 Å². The summed E-state index contributed by atoms with van der Waals surface area (Å²) in [6.45, 7) is 0. The van der Waals surface area contributed by atoms with Crippen LogP contribution >= 0.6 is 0 Å². The number of hydrogen-bond acceptors (Lipinski definition) is 1. The quantitative estimate of drug-likeness (QED) is 0.149. The van der Waals surface area contributed by atoms with E-state index in [0.29, 0.717) is 12.8 Å². The van der Waals surface area contributed by atoms with Crippen molar-refractivity contribution in [1.29, 1.82) is 0 Å². The third kappa shape index (κ3) is 21.4. The van der Waals surface area contributed by atoms with E-state index in [9.17, 15) is 22.4 Å². The van der Waals surface area contributed by atoms with Gasteiger partial charge in [0.2, 0.25) is 0 Å². The van der Waals surface area contributed by atoms with Crippen molar-refractivity contribution in [3.63, 3.8) is 0 Å². The summed E-state index contributed by atoms with van der Waals surface area (Å²) in [7, 11) is 0. The Hall–Kier alpha value is -0.610. The molecule has 0 aromatic heterocycles. The fourth-order valence-electron chi connectivity index (χ4n) is 2.89. The molecule has 0 N–H and O–H groups in total. The number of carbonyl (C=O) groups is 1. The average Bonchev–Trinajstić information content (AvgIpc) is 2.49. The van der Waals surface area contributed by atoms with Gasteiger partial charge in [-0.15, -0.1) is 0 Å². The SMILES string of the molecule is O=C(F)CCCCCCCCCCCCCCCCCC(F)(F)F. The molecule has 0 saturated heterocycles. The lowest BCUT2D eigenvalue weighted by molar-refractivity contribution is -0.135. The van der Waals surface area contributed by atoms with Crippen LogP contribution in [0.5, 0.6) is 0 Å². The molecule has 0 aliphatic heterocycles. The van der Waals surface area contributed by atoms with Crippen LogP contribution in [0.1, 0.15) is 109 Å². The second-order valence-corrected chi connectivity index (χ2v) is 6.77. The number of halogens is 4. The summed E-state index contributed by atoms with van der Waals surface area (Å²) >= 11 is 0. The molecule has 0 atom stereocenters. The van der Waals surface area contributed by atoms with E-state index in [2.05, 4.69) is 0 Å². The minimum Gasteiger partial charge on any atom is -0.261 e. The summed E-state index contributed by atoms with van der Waals surface area (Å²) in [5, 5.41) is 0. The van der Waals surface area contributed by atoms with Gasteiger partial charge in [-0.25, -0.2) is 0 Å². The smallest absolute Gasteiger partial charge is 0.261 e. The molecule has 0 saturated carbocycles. The molecule has 0 aliphatic carbocycles. The molecular weight excluding hydrogens is 320 g/mol. The third-order valence-electron chi connectivity index (χ3n) is 4.33. The second-order valence-electron chi connectivity index (χ2n) is 6.77. The summed E-state index contributed by atoms with van der Waals surface area (Å²) < 4.78 is 47.8. The molecule has 0 radical (unpaired) electrons. The van der Waals surface area contributed by atoms with E-state index in [1.54, 1.807) is 0 Å². The normalized spacial score (nSPS) is 11.8. The van der Waals surface area contributed by atoms with Gasteiger partial charge in [0.15, 0.2) is 0 Å². The van der Waals surface area contributed by atoms with Gasteiger partial charge in [-0.1, -0.05) is 83.5 Å². The fraction of sp³-hybridized carbons (Fsp3) is 0.947. The van der Waals surface area contributed by atoms with Gasteiger partial charge in [0.1, 0.15) is 0 Å². The average molecular weight is 354 g/mol. The van der Waals surface area contributed by atoms with Gasteiger partial charge < -0.3 is 0 Å². The van der Waals surface area contributed by atoms with Gasteiger partial charge in [0, 0.05) is 12.8 Å². The molecule has 0 spiro atoms. The molecule has 0 bridgehead atoms. The Bertz CT molecular complexity index is 290. The van der Waals surface area contributed by atoms with Crippen LogP contribution in [0.3, 0.4) is 0 Å². The summed E-state index contributed by atoms with van der Waals surface area (Å²) in [6.07, 6.45) is 10.7. The van der Waals surface area contributed by atoms with Gasteiger partial charge in [-0.05, 0) is 12.8 Å². The number of unbranched alkanes of at least 4 members (excludes halogenated alkanes) is 14. The largest absolute Gasteiger partial charge is 0.389 e. The van der Waals surface area contributed by atoms with Crippen molar-refractivity contribution in [2.45, 2.75) is 115 Å². The summed E-state index contributed by atoms with van der Waals surface area (Å²) in [4.78, 5) is 10.1. The Balaban J connectivity index is 3.04. The highest BCUT2D eigenvalue weighted by Gasteiger charge is 2.25. The first kappa shape index (κ1) is 23.4. The van der Waals surface area contributed by atoms with Crippen LogP contribution < -0.4 is 0 Å². The van der Waals surface area contributed by atoms with Crippen molar-refractivity contribution in [2.75, 3.05) is 0 Å². The highest BCUT2D eigenvalue weighted by Crippen LogP contribution is 2.23. The predicted octanol–water partition coefficient (Wildman–Crippen LogP) is 7.68. The Labute approximate surface area is 144 Å². The van der Waals surface area contributed by atoms with Crippen molar-refractivity contribution < 1.29 is 22.4 Å². The van der Waals surface area contributed by atoms with Crippen molar-refractivity contribution in [2.24, 2.45) is 0 Å². The minimum atomic E-state index is -3.99. The van der Waals surface area contributed by atoms with Crippen molar-refractivity contribution in [1.82, 2.24) is 0 Å². The molecule has 0 unspecified atom stereocenters. The molecule has 0 heterocycles. The zero-order chi connectivity index (χ0) is 18.1. The number of alkyl halides is 3. The highest BCUT2D eigenvalue weighted by atomic mass is 19.4. The first-order valence-electron chi connectivity index (χ1n) is 9.67. The van der Waals surface area contributed by atoms with Crippen LogP contribution in [0.15, 0.2) is 0 Å². The van der Waals surface area contributed by atoms with Crippen LogP contribution in [0.25, 0.3) is 0 Å². The van der Waals surface area contributed by atoms with E-state index in [-0.39, 0.29) is 12.8 Å². The van der Waals surface area contributed by atoms with Crippen LogP contribution in [0.4, 0.5) is 17.6 Å². The van der Waals surface area contributed by atoms with Gasteiger partial charge in [-0.2, -0.15) is 17.6 Å². The molecule has 0 aromatic rings. The van der Waals surface area contributed by atoms with Gasteiger partial charge in [0.05, 0.1) is 0 Å². The standard InChI is InChI=1S/C19H34F4O/c20-18(24)16-14-12-10-8-6-4-2-1-3-5-7-9-11-13-15-17-19(21,22)23/h1-17H2. The Morgan fingerprint density at radius 3 is 1.12 bits per heavy atom. The zero-order valence-electron chi connectivity index (χ0n) is 14.9. The van der Waals surface area contributed by atoms with E-state index in [0.717, 1.165) is 32.1 Å². The number of rotatable bonds is 17. The molecule has 24 heavy (non-hydrogen) atoms.